The Labute approximate surface area is 150 Å². The number of hydrogen-bond donors (Lipinski definition) is 1. The number of piperidine rings is 1. The molecule has 2 aliphatic rings. The standard InChI is InChI=1S/C20H30N2OS/c23-20(8-4-7-17-5-2-1-3-6-17)21-15-18-9-12-22(13-10-18)19-11-14-24-16-19/h1-3,5-6,18-19H,4,7-16H2,(H,21,23)/t19-/m1/s1. The summed E-state index contributed by atoms with van der Waals surface area (Å²) >= 11 is 2.10. The van der Waals surface area contributed by atoms with Crippen molar-refractivity contribution in [2.24, 2.45) is 5.92 Å². The molecule has 0 saturated carbocycles. The van der Waals surface area contributed by atoms with E-state index in [1.54, 1.807) is 0 Å². The number of aryl methyl sites for hydroxylation is 1. The second-order valence-corrected chi connectivity index (χ2v) is 8.29. The SMILES string of the molecule is O=C(CCCc1ccccc1)NCC1CCN([C@@H]2CCSC2)CC1. The molecule has 0 spiro atoms. The van der Waals surface area contributed by atoms with Gasteiger partial charge in [-0.25, -0.2) is 0 Å². The molecule has 0 unspecified atom stereocenters. The van der Waals surface area contributed by atoms with Crippen LogP contribution in [-0.4, -0.2) is 48.0 Å². The lowest BCUT2D eigenvalue weighted by Gasteiger charge is -2.35. The maximum absolute atomic E-state index is 12.0. The molecule has 1 amide bonds. The average Bonchev–Trinajstić information content (AvgIpc) is 3.16. The zero-order chi connectivity index (χ0) is 16.6. The smallest absolute Gasteiger partial charge is 0.220 e. The van der Waals surface area contributed by atoms with E-state index < -0.39 is 0 Å². The van der Waals surface area contributed by atoms with Crippen molar-refractivity contribution in [3.8, 4) is 0 Å². The van der Waals surface area contributed by atoms with Gasteiger partial charge < -0.3 is 5.32 Å². The quantitative estimate of drug-likeness (QED) is 0.822. The molecular formula is C20H30N2OS. The molecule has 24 heavy (non-hydrogen) atoms. The fraction of sp³-hybridized carbons (Fsp3) is 0.650. The molecule has 2 heterocycles. The Bertz CT molecular complexity index is 494. The Morgan fingerprint density at radius 1 is 1.17 bits per heavy atom. The highest BCUT2D eigenvalue weighted by Gasteiger charge is 2.27. The summed E-state index contributed by atoms with van der Waals surface area (Å²) in [5, 5.41) is 3.16. The van der Waals surface area contributed by atoms with Gasteiger partial charge in [0.05, 0.1) is 0 Å². The molecule has 0 radical (unpaired) electrons. The molecule has 2 saturated heterocycles. The second kappa shape index (κ2) is 9.47. The van der Waals surface area contributed by atoms with Crippen molar-refractivity contribution >= 4 is 17.7 Å². The molecular weight excluding hydrogens is 316 g/mol. The molecule has 0 bridgehead atoms. The van der Waals surface area contributed by atoms with Crippen molar-refractivity contribution in [2.75, 3.05) is 31.1 Å². The molecule has 3 rings (SSSR count). The highest BCUT2D eigenvalue weighted by molar-refractivity contribution is 7.99. The monoisotopic (exact) mass is 346 g/mol. The number of carbonyl (C=O) groups is 1. The van der Waals surface area contributed by atoms with Gasteiger partial charge in [-0.2, -0.15) is 11.8 Å². The summed E-state index contributed by atoms with van der Waals surface area (Å²) in [6, 6.07) is 11.2. The third-order valence-electron chi connectivity index (χ3n) is 5.37. The van der Waals surface area contributed by atoms with Crippen LogP contribution in [0.25, 0.3) is 0 Å². The summed E-state index contributed by atoms with van der Waals surface area (Å²) in [4.78, 5) is 14.7. The summed E-state index contributed by atoms with van der Waals surface area (Å²) in [6.07, 6.45) is 6.43. The Balaban J connectivity index is 1.27. The second-order valence-electron chi connectivity index (χ2n) is 7.14. The minimum absolute atomic E-state index is 0.223. The maximum Gasteiger partial charge on any atom is 0.220 e. The third-order valence-corrected chi connectivity index (χ3v) is 6.52. The van der Waals surface area contributed by atoms with Gasteiger partial charge in [-0.3, -0.25) is 9.69 Å². The average molecular weight is 347 g/mol. The first-order chi connectivity index (χ1) is 11.8. The van der Waals surface area contributed by atoms with Crippen LogP contribution < -0.4 is 5.32 Å². The van der Waals surface area contributed by atoms with Crippen LogP contribution >= 0.6 is 11.8 Å². The van der Waals surface area contributed by atoms with E-state index in [0.29, 0.717) is 12.3 Å². The Kier molecular flexibility index (Phi) is 7.03. The van der Waals surface area contributed by atoms with Gasteiger partial charge in [0.2, 0.25) is 5.91 Å². The number of hydrogen-bond acceptors (Lipinski definition) is 3. The number of carbonyl (C=O) groups excluding carboxylic acids is 1. The van der Waals surface area contributed by atoms with Crippen LogP contribution in [0, 0.1) is 5.92 Å². The van der Waals surface area contributed by atoms with Gasteiger partial charge >= 0.3 is 0 Å². The minimum atomic E-state index is 0.223. The van der Waals surface area contributed by atoms with Crippen molar-refractivity contribution in [1.29, 1.82) is 0 Å². The van der Waals surface area contributed by atoms with Gasteiger partial charge in [-0.1, -0.05) is 30.3 Å². The van der Waals surface area contributed by atoms with Gasteiger partial charge in [0, 0.05) is 24.8 Å². The van der Waals surface area contributed by atoms with Crippen LogP contribution in [0.2, 0.25) is 0 Å². The van der Waals surface area contributed by atoms with Gasteiger partial charge in [-0.15, -0.1) is 0 Å². The number of benzene rings is 1. The zero-order valence-corrected chi connectivity index (χ0v) is 15.4. The largest absolute Gasteiger partial charge is 0.356 e. The fourth-order valence-electron chi connectivity index (χ4n) is 3.78. The molecule has 4 heteroatoms. The highest BCUT2D eigenvalue weighted by Crippen LogP contribution is 2.26. The third kappa shape index (κ3) is 5.52. The summed E-state index contributed by atoms with van der Waals surface area (Å²) < 4.78 is 0. The number of likely N-dealkylation sites (tertiary alicyclic amines) is 1. The normalized spacial score (nSPS) is 22.6. The first-order valence-corrected chi connectivity index (χ1v) is 10.6. The number of nitrogens with zero attached hydrogens (tertiary/aromatic N) is 1. The van der Waals surface area contributed by atoms with Crippen molar-refractivity contribution < 1.29 is 4.79 Å². The molecule has 0 aromatic heterocycles. The summed E-state index contributed by atoms with van der Waals surface area (Å²) in [6.45, 7) is 3.32. The molecule has 2 aliphatic heterocycles. The van der Waals surface area contributed by atoms with Crippen LogP contribution in [0.3, 0.4) is 0 Å². The first kappa shape index (κ1) is 17.8. The van der Waals surface area contributed by atoms with E-state index in [4.69, 9.17) is 0 Å². The zero-order valence-electron chi connectivity index (χ0n) is 14.6. The molecule has 0 aliphatic carbocycles. The lowest BCUT2D eigenvalue weighted by Crippen LogP contribution is -2.43. The van der Waals surface area contributed by atoms with Crippen LogP contribution in [0.5, 0.6) is 0 Å². The Hall–Kier alpha value is -1.00. The molecule has 1 atom stereocenters. The topological polar surface area (TPSA) is 32.3 Å². The maximum atomic E-state index is 12.0. The fourth-order valence-corrected chi connectivity index (χ4v) is 5.03. The van der Waals surface area contributed by atoms with E-state index >= 15 is 0 Å². The lowest BCUT2D eigenvalue weighted by molar-refractivity contribution is -0.121. The van der Waals surface area contributed by atoms with Crippen LogP contribution in [0.4, 0.5) is 0 Å². The van der Waals surface area contributed by atoms with Crippen molar-refractivity contribution in [1.82, 2.24) is 10.2 Å². The Morgan fingerprint density at radius 2 is 1.96 bits per heavy atom. The van der Waals surface area contributed by atoms with Crippen LogP contribution in [0.1, 0.15) is 37.7 Å². The predicted octanol–water partition coefficient (Wildman–Crippen LogP) is 3.34. The van der Waals surface area contributed by atoms with Crippen LogP contribution in [-0.2, 0) is 11.2 Å². The van der Waals surface area contributed by atoms with E-state index in [9.17, 15) is 4.79 Å². The van der Waals surface area contributed by atoms with Gasteiger partial charge in [0.25, 0.3) is 0 Å². The van der Waals surface area contributed by atoms with E-state index in [1.165, 1.54) is 49.4 Å². The van der Waals surface area contributed by atoms with E-state index in [-0.39, 0.29) is 5.91 Å². The molecule has 2 fully saturated rings. The van der Waals surface area contributed by atoms with Crippen molar-refractivity contribution in [3.05, 3.63) is 35.9 Å². The van der Waals surface area contributed by atoms with E-state index in [2.05, 4.69) is 46.2 Å². The number of rotatable bonds is 7. The molecule has 3 nitrogen and oxygen atoms in total. The predicted molar refractivity (Wildman–Crippen MR) is 102 cm³/mol. The van der Waals surface area contributed by atoms with Crippen LogP contribution in [0.15, 0.2) is 30.3 Å². The van der Waals surface area contributed by atoms with Gasteiger partial charge in [0.1, 0.15) is 0 Å². The number of thioether (sulfide) groups is 1. The first-order valence-electron chi connectivity index (χ1n) is 9.43. The van der Waals surface area contributed by atoms with E-state index in [0.717, 1.165) is 25.4 Å². The van der Waals surface area contributed by atoms with Crippen molar-refractivity contribution in [2.45, 2.75) is 44.6 Å². The van der Waals surface area contributed by atoms with Gasteiger partial charge in [0.15, 0.2) is 0 Å². The van der Waals surface area contributed by atoms with E-state index in [1.807, 2.05) is 6.07 Å². The molecule has 132 valence electrons. The lowest BCUT2D eigenvalue weighted by atomic mass is 9.95. The highest BCUT2D eigenvalue weighted by atomic mass is 32.2. The summed E-state index contributed by atoms with van der Waals surface area (Å²) in [7, 11) is 0. The molecule has 1 N–H and O–H groups in total. The van der Waals surface area contributed by atoms with Gasteiger partial charge in [-0.05, 0) is 62.4 Å². The summed E-state index contributed by atoms with van der Waals surface area (Å²) in [5.41, 5.74) is 1.32. The Morgan fingerprint density at radius 3 is 2.67 bits per heavy atom. The minimum Gasteiger partial charge on any atom is -0.356 e. The number of amides is 1. The summed E-state index contributed by atoms with van der Waals surface area (Å²) in [5.74, 6) is 3.56. The molecule has 1 aromatic carbocycles. The number of nitrogens with one attached hydrogen (secondary N) is 1. The molecule has 1 aromatic rings. The van der Waals surface area contributed by atoms with Crippen molar-refractivity contribution in [3.63, 3.8) is 0 Å².